The second-order valence-corrected chi connectivity index (χ2v) is 6.29. The summed E-state index contributed by atoms with van der Waals surface area (Å²) in [5.41, 5.74) is 4.42. The van der Waals surface area contributed by atoms with E-state index in [0.29, 0.717) is 21.5 Å². The van der Waals surface area contributed by atoms with Gasteiger partial charge < -0.3 is 5.32 Å². The number of aryl methyl sites for hydroxylation is 2. The highest BCUT2D eigenvalue weighted by atomic mass is 35.5. The predicted octanol–water partition coefficient (Wildman–Crippen LogP) is 4.22. The Bertz CT molecular complexity index is 827. The summed E-state index contributed by atoms with van der Waals surface area (Å²) >= 11 is 11.2. The van der Waals surface area contributed by atoms with Crippen LogP contribution in [0.3, 0.4) is 0 Å². The van der Waals surface area contributed by atoms with Crippen LogP contribution in [0.15, 0.2) is 48.2 Å². The number of nitrogens with one attached hydrogen (secondary N) is 1. The first-order valence-corrected chi connectivity index (χ1v) is 7.94. The quantitative estimate of drug-likeness (QED) is 0.655. The first-order chi connectivity index (χ1) is 11.0. The fourth-order valence-electron chi connectivity index (χ4n) is 2.43. The number of anilines is 1. The number of hydrogen-bond acceptors (Lipinski definition) is 2. The minimum Gasteiger partial charge on any atom is -0.327 e. The molecule has 5 heteroatoms. The van der Waals surface area contributed by atoms with E-state index in [9.17, 15) is 4.79 Å². The summed E-state index contributed by atoms with van der Waals surface area (Å²) in [6, 6.07) is 13.1. The standard InChI is InChI=1S/C18H15ClN2OS/c1-11-3-4-12(2)13(9-11)10-16-17(22)21(18(23)20-16)15-7-5-14(19)6-8-15/h3-10H,1-2H3,(H,20,23)/b16-10-. The average Bonchev–Trinajstić information content (AvgIpc) is 2.79. The second kappa shape index (κ2) is 6.14. The van der Waals surface area contributed by atoms with E-state index in [0.717, 1.165) is 16.7 Å². The zero-order valence-electron chi connectivity index (χ0n) is 12.8. The molecule has 3 nitrogen and oxygen atoms in total. The Morgan fingerprint density at radius 3 is 2.52 bits per heavy atom. The third-order valence-corrected chi connectivity index (χ3v) is 4.23. The van der Waals surface area contributed by atoms with Crippen LogP contribution < -0.4 is 10.2 Å². The van der Waals surface area contributed by atoms with Crippen molar-refractivity contribution < 1.29 is 4.79 Å². The predicted molar refractivity (Wildman–Crippen MR) is 98.6 cm³/mol. The summed E-state index contributed by atoms with van der Waals surface area (Å²) in [7, 11) is 0. The average molecular weight is 343 g/mol. The van der Waals surface area contributed by atoms with Crippen LogP contribution in [-0.4, -0.2) is 11.0 Å². The van der Waals surface area contributed by atoms with Gasteiger partial charge in [-0.2, -0.15) is 0 Å². The van der Waals surface area contributed by atoms with Gasteiger partial charge in [-0.15, -0.1) is 0 Å². The summed E-state index contributed by atoms with van der Waals surface area (Å²) in [5.74, 6) is -0.168. The molecule has 2 aromatic rings. The SMILES string of the molecule is Cc1ccc(C)c(/C=C2\NC(=S)N(c3ccc(Cl)cc3)C2=O)c1. The van der Waals surface area contributed by atoms with Crippen LogP contribution in [0.5, 0.6) is 0 Å². The van der Waals surface area contributed by atoms with Crippen LogP contribution in [0.2, 0.25) is 5.02 Å². The van der Waals surface area contributed by atoms with Gasteiger partial charge in [0.1, 0.15) is 5.70 Å². The van der Waals surface area contributed by atoms with Crippen LogP contribution in [0, 0.1) is 13.8 Å². The van der Waals surface area contributed by atoms with E-state index in [2.05, 4.69) is 5.32 Å². The molecule has 0 bridgehead atoms. The summed E-state index contributed by atoms with van der Waals surface area (Å²) < 4.78 is 0. The van der Waals surface area contributed by atoms with E-state index in [-0.39, 0.29) is 5.91 Å². The Labute approximate surface area is 145 Å². The minimum absolute atomic E-state index is 0.168. The van der Waals surface area contributed by atoms with E-state index in [1.165, 1.54) is 4.90 Å². The van der Waals surface area contributed by atoms with Gasteiger partial charge in [-0.1, -0.05) is 35.4 Å². The lowest BCUT2D eigenvalue weighted by Crippen LogP contribution is -2.30. The Balaban J connectivity index is 1.96. The molecule has 0 saturated carbocycles. The summed E-state index contributed by atoms with van der Waals surface area (Å²) in [4.78, 5) is 14.2. The molecule has 2 aromatic carbocycles. The monoisotopic (exact) mass is 342 g/mol. The van der Waals surface area contributed by atoms with Crippen LogP contribution in [-0.2, 0) is 4.79 Å². The van der Waals surface area contributed by atoms with E-state index < -0.39 is 0 Å². The first-order valence-electron chi connectivity index (χ1n) is 7.15. The number of thiocarbonyl (C=S) groups is 1. The molecular formula is C18H15ClN2OS. The lowest BCUT2D eigenvalue weighted by molar-refractivity contribution is -0.113. The van der Waals surface area contributed by atoms with Crippen LogP contribution in [0.1, 0.15) is 16.7 Å². The maximum atomic E-state index is 12.7. The molecule has 0 aliphatic carbocycles. The lowest BCUT2D eigenvalue weighted by atomic mass is 10.0. The molecule has 1 amide bonds. The van der Waals surface area contributed by atoms with Gasteiger partial charge in [0.15, 0.2) is 5.11 Å². The Morgan fingerprint density at radius 2 is 1.83 bits per heavy atom. The minimum atomic E-state index is -0.168. The Morgan fingerprint density at radius 1 is 1.13 bits per heavy atom. The summed E-state index contributed by atoms with van der Waals surface area (Å²) in [5, 5.41) is 3.98. The normalized spacial score (nSPS) is 16.1. The molecule has 3 rings (SSSR count). The Hall–Kier alpha value is -2.17. The second-order valence-electron chi connectivity index (χ2n) is 5.47. The van der Waals surface area contributed by atoms with Crippen LogP contribution in [0.4, 0.5) is 5.69 Å². The summed E-state index contributed by atoms with van der Waals surface area (Å²) in [6.07, 6.45) is 1.84. The van der Waals surface area contributed by atoms with Gasteiger partial charge in [0.05, 0.1) is 5.69 Å². The van der Waals surface area contributed by atoms with Gasteiger partial charge in [0.2, 0.25) is 0 Å². The maximum absolute atomic E-state index is 12.7. The van der Waals surface area contributed by atoms with E-state index in [1.807, 2.05) is 38.1 Å². The van der Waals surface area contributed by atoms with Crippen molar-refractivity contribution >= 4 is 46.6 Å². The van der Waals surface area contributed by atoms with Gasteiger partial charge in [0.25, 0.3) is 5.91 Å². The number of hydrogen-bond donors (Lipinski definition) is 1. The number of benzene rings is 2. The fourth-order valence-corrected chi connectivity index (χ4v) is 2.85. The highest BCUT2D eigenvalue weighted by Gasteiger charge is 2.31. The van der Waals surface area contributed by atoms with Crippen molar-refractivity contribution in [1.29, 1.82) is 0 Å². The molecule has 1 N–H and O–H groups in total. The van der Waals surface area contributed by atoms with Gasteiger partial charge in [-0.3, -0.25) is 9.69 Å². The van der Waals surface area contributed by atoms with E-state index >= 15 is 0 Å². The maximum Gasteiger partial charge on any atom is 0.281 e. The molecule has 0 atom stereocenters. The largest absolute Gasteiger partial charge is 0.327 e. The molecule has 23 heavy (non-hydrogen) atoms. The molecule has 1 aliphatic rings. The third-order valence-electron chi connectivity index (χ3n) is 3.70. The fraction of sp³-hybridized carbons (Fsp3) is 0.111. The zero-order chi connectivity index (χ0) is 16.6. The highest BCUT2D eigenvalue weighted by Crippen LogP contribution is 2.24. The van der Waals surface area contributed by atoms with Gasteiger partial charge in [-0.05, 0) is 67.5 Å². The molecule has 1 aliphatic heterocycles. The van der Waals surface area contributed by atoms with Crippen LogP contribution >= 0.6 is 23.8 Å². The molecule has 0 unspecified atom stereocenters. The Kier molecular flexibility index (Phi) is 4.20. The van der Waals surface area contributed by atoms with Gasteiger partial charge in [0, 0.05) is 5.02 Å². The number of carbonyl (C=O) groups excluding carboxylic acids is 1. The topological polar surface area (TPSA) is 32.3 Å². The van der Waals surface area contributed by atoms with Crippen molar-refractivity contribution in [3.8, 4) is 0 Å². The van der Waals surface area contributed by atoms with Crippen molar-refractivity contribution in [3.63, 3.8) is 0 Å². The zero-order valence-corrected chi connectivity index (χ0v) is 14.3. The van der Waals surface area contributed by atoms with Crippen molar-refractivity contribution in [3.05, 3.63) is 69.9 Å². The molecule has 0 radical (unpaired) electrons. The van der Waals surface area contributed by atoms with Gasteiger partial charge >= 0.3 is 0 Å². The molecule has 1 saturated heterocycles. The third kappa shape index (κ3) is 3.14. The van der Waals surface area contributed by atoms with Crippen molar-refractivity contribution in [1.82, 2.24) is 5.32 Å². The number of nitrogens with zero attached hydrogens (tertiary/aromatic N) is 1. The first kappa shape index (κ1) is 15.7. The van der Waals surface area contributed by atoms with E-state index in [4.69, 9.17) is 23.8 Å². The van der Waals surface area contributed by atoms with Gasteiger partial charge in [-0.25, -0.2) is 0 Å². The number of amides is 1. The molecule has 0 spiro atoms. The van der Waals surface area contributed by atoms with Crippen molar-refractivity contribution in [2.45, 2.75) is 13.8 Å². The van der Waals surface area contributed by atoms with E-state index in [1.54, 1.807) is 24.3 Å². The van der Waals surface area contributed by atoms with Crippen LogP contribution in [0.25, 0.3) is 6.08 Å². The lowest BCUT2D eigenvalue weighted by Gasteiger charge is -2.13. The molecule has 116 valence electrons. The molecular weight excluding hydrogens is 328 g/mol. The highest BCUT2D eigenvalue weighted by molar-refractivity contribution is 7.80. The number of rotatable bonds is 2. The van der Waals surface area contributed by atoms with Crippen molar-refractivity contribution in [2.24, 2.45) is 0 Å². The number of carbonyl (C=O) groups is 1. The van der Waals surface area contributed by atoms with Crippen molar-refractivity contribution in [2.75, 3.05) is 4.90 Å². The molecule has 0 aromatic heterocycles. The number of halogens is 1. The molecule has 1 fully saturated rings. The molecule has 1 heterocycles. The summed E-state index contributed by atoms with van der Waals surface area (Å²) in [6.45, 7) is 4.04. The smallest absolute Gasteiger partial charge is 0.281 e.